The second-order valence-electron chi connectivity index (χ2n) is 7.85. The van der Waals surface area contributed by atoms with Crippen molar-refractivity contribution in [1.82, 2.24) is 14.8 Å². The highest BCUT2D eigenvalue weighted by molar-refractivity contribution is 5.82. The molecule has 1 aliphatic heterocycles. The Hall–Kier alpha value is -2.40. The smallest absolute Gasteiger partial charge is 0.240 e. The first-order valence-corrected chi connectivity index (χ1v) is 10.3. The van der Waals surface area contributed by atoms with Crippen LogP contribution in [-0.2, 0) is 17.9 Å². The summed E-state index contributed by atoms with van der Waals surface area (Å²) < 4.78 is 5.53. The van der Waals surface area contributed by atoms with E-state index in [9.17, 15) is 4.79 Å². The molecule has 5 nitrogen and oxygen atoms in total. The number of likely N-dealkylation sites (tertiary alicyclic amines) is 1. The lowest BCUT2D eigenvalue weighted by Gasteiger charge is -2.38. The van der Waals surface area contributed by atoms with Crippen LogP contribution in [-0.4, -0.2) is 46.4 Å². The number of benzene rings is 1. The average Bonchev–Trinajstić information content (AvgIpc) is 3.58. The van der Waals surface area contributed by atoms with Crippen LogP contribution in [0.15, 0.2) is 48.8 Å². The average molecular weight is 380 g/mol. The van der Waals surface area contributed by atoms with E-state index in [0.29, 0.717) is 12.6 Å². The van der Waals surface area contributed by atoms with Gasteiger partial charge in [-0.3, -0.25) is 14.7 Å². The van der Waals surface area contributed by atoms with E-state index in [0.717, 1.165) is 62.1 Å². The van der Waals surface area contributed by atoms with Crippen molar-refractivity contribution in [3.63, 3.8) is 0 Å². The molecular formula is C23H29N3O2. The summed E-state index contributed by atoms with van der Waals surface area (Å²) in [5, 5.41) is 0. The van der Waals surface area contributed by atoms with Crippen LogP contribution in [0.1, 0.15) is 43.2 Å². The molecule has 1 saturated carbocycles. The van der Waals surface area contributed by atoms with Crippen molar-refractivity contribution in [2.75, 3.05) is 13.7 Å². The van der Waals surface area contributed by atoms with E-state index in [1.165, 1.54) is 0 Å². The number of methoxy groups -OCH3 is 1. The third kappa shape index (κ3) is 4.36. The van der Waals surface area contributed by atoms with Gasteiger partial charge in [-0.05, 0) is 56.0 Å². The zero-order valence-electron chi connectivity index (χ0n) is 16.6. The standard InChI is InChI=1S/C23H29N3O2/c1-28-22-8-3-2-6-19(22)17-25-15-5-4-7-21(25)23(27)26(20-9-10-20)16-18-11-13-24-14-12-18/h2-3,6,8,11-14,20-21H,4-5,7,9-10,15-17H2,1H3. The fourth-order valence-corrected chi connectivity index (χ4v) is 4.16. The Morgan fingerprint density at radius 3 is 2.68 bits per heavy atom. The van der Waals surface area contributed by atoms with E-state index in [2.05, 4.69) is 20.9 Å². The topological polar surface area (TPSA) is 45.7 Å². The number of piperidine rings is 1. The predicted molar refractivity (Wildman–Crippen MR) is 109 cm³/mol. The van der Waals surface area contributed by atoms with Gasteiger partial charge >= 0.3 is 0 Å². The van der Waals surface area contributed by atoms with Crippen molar-refractivity contribution in [3.05, 3.63) is 59.9 Å². The van der Waals surface area contributed by atoms with Crippen LogP contribution in [0.3, 0.4) is 0 Å². The molecule has 5 heteroatoms. The minimum absolute atomic E-state index is 0.0406. The molecule has 1 aliphatic carbocycles. The van der Waals surface area contributed by atoms with Crippen LogP contribution in [0.25, 0.3) is 0 Å². The number of ether oxygens (including phenoxy) is 1. The van der Waals surface area contributed by atoms with Crippen LogP contribution < -0.4 is 4.74 Å². The Bertz CT molecular complexity index is 791. The second-order valence-corrected chi connectivity index (χ2v) is 7.85. The summed E-state index contributed by atoms with van der Waals surface area (Å²) in [6.07, 6.45) is 9.05. The predicted octanol–water partition coefficient (Wildman–Crippen LogP) is 3.64. The van der Waals surface area contributed by atoms with Crippen LogP contribution >= 0.6 is 0 Å². The number of carbonyl (C=O) groups is 1. The van der Waals surface area contributed by atoms with Crippen molar-refractivity contribution in [3.8, 4) is 5.75 Å². The highest BCUT2D eigenvalue weighted by Crippen LogP contribution is 2.32. The Labute approximate surface area is 167 Å². The minimum atomic E-state index is -0.0406. The molecule has 2 fully saturated rings. The summed E-state index contributed by atoms with van der Waals surface area (Å²) in [6, 6.07) is 12.5. The van der Waals surface area contributed by atoms with Gasteiger partial charge in [-0.2, -0.15) is 0 Å². The van der Waals surface area contributed by atoms with E-state index >= 15 is 0 Å². The maximum atomic E-state index is 13.6. The van der Waals surface area contributed by atoms with Crippen molar-refractivity contribution in [2.45, 2.75) is 57.3 Å². The van der Waals surface area contributed by atoms with Gasteiger partial charge in [0.1, 0.15) is 5.75 Å². The Morgan fingerprint density at radius 1 is 1.14 bits per heavy atom. The zero-order valence-corrected chi connectivity index (χ0v) is 16.6. The molecule has 1 amide bonds. The van der Waals surface area contributed by atoms with Gasteiger partial charge in [0.05, 0.1) is 13.2 Å². The minimum Gasteiger partial charge on any atom is -0.496 e. The molecule has 148 valence electrons. The Balaban J connectivity index is 1.51. The molecule has 0 radical (unpaired) electrons. The first-order valence-electron chi connectivity index (χ1n) is 10.3. The summed E-state index contributed by atoms with van der Waals surface area (Å²) >= 11 is 0. The molecule has 2 aliphatic rings. The summed E-state index contributed by atoms with van der Waals surface area (Å²) in [5.41, 5.74) is 2.30. The van der Waals surface area contributed by atoms with Crippen LogP contribution in [0, 0.1) is 0 Å². The number of para-hydroxylation sites is 1. The molecule has 0 bridgehead atoms. The van der Waals surface area contributed by atoms with Crippen molar-refractivity contribution in [1.29, 1.82) is 0 Å². The number of aromatic nitrogens is 1. The van der Waals surface area contributed by atoms with Gasteiger partial charge in [-0.1, -0.05) is 24.6 Å². The SMILES string of the molecule is COc1ccccc1CN1CCCCC1C(=O)N(Cc1ccncc1)C1CC1. The van der Waals surface area contributed by atoms with Crippen molar-refractivity contribution in [2.24, 2.45) is 0 Å². The van der Waals surface area contributed by atoms with E-state index in [-0.39, 0.29) is 11.9 Å². The molecule has 0 spiro atoms. The molecule has 2 aromatic rings. The third-order valence-corrected chi connectivity index (χ3v) is 5.84. The highest BCUT2D eigenvalue weighted by atomic mass is 16.5. The van der Waals surface area contributed by atoms with Gasteiger partial charge in [-0.15, -0.1) is 0 Å². The zero-order chi connectivity index (χ0) is 19.3. The summed E-state index contributed by atoms with van der Waals surface area (Å²) in [5.74, 6) is 1.18. The Kier molecular flexibility index (Phi) is 5.91. The molecule has 1 saturated heterocycles. The molecule has 1 aromatic carbocycles. The molecule has 28 heavy (non-hydrogen) atoms. The van der Waals surface area contributed by atoms with Gasteiger partial charge < -0.3 is 9.64 Å². The van der Waals surface area contributed by atoms with Crippen molar-refractivity contribution < 1.29 is 9.53 Å². The second kappa shape index (κ2) is 8.74. The lowest BCUT2D eigenvalue weighted by atomic mass is 9.99. The maximum absolute atomic E-state index is 13.6. The van der Waals surface area contributed by atoms with Crippen molar-refractivity contribution >= 4 is 5.91 Å². The number of nitrogens with zero attached hydrogens (tertiary/aromatic N) is 3. The monoisotopic (exact) mass is 379 g/mol. The lowest BCUT2D eigenvalue weighted by Crippen LogP contribution is -2.51. The number of amides is 1. The van der Waals surface area contributed by atoms with Gasteiger partial charge in [0.25, 0.3) is 0 Å². The maximum Gasteiger partial charge on any atom is 0.240 e. The molecule has 4 rings (SSSR count). The number of carbonyl (C=O) groups excluding carboxylic acids is 1. The fourth-order valence-electron chi connectivity index (χ4n) is 4.16. The van der Waals surface area contributed by atoms with Crippen LogP contribution in [0.5, 0.6) is 5.75 Å². The fraction of sp³-hybridized carbons (Fsp3) is 0.478. The largest absolute Gasteiger partial charge is 0.496 e. The molecule has 2 heterocycles. The normalized spacial score (nSPS) is 20.0. The Morgan fingerprint density at radius 2 is 1.93 bits per heavy atom. The molecular weight excluding hydrogens is 350 g/mol. The number of pyridine rings is 1. The summed E-state index contributed by atoms with van der Waals surface area (Å²) in [6.45, 7) is 2.40. The quantitative estimate of drug-likeness (QED) is 0.737. The van der Waals surface area contributed by atoms with E-state index < -0.39 is 0 Å². The van der Waals surface area contributed by atoms with Gasteiger partial charge in [0.2, 0.25) is 5.91 Å². The third-order valence-electron chi connectivity index (χ3n) is 5.84. The summed E-state index contributed by atoms with van der Waals surface area (Å²) in [4.78, 5) is 22.1. The highest BCUT2D eigenvalue weighted by Gasteiger charge is 2.38. The van der Waals surface area contributed by atoms with Gasteiger partial charge in [-0.25, -0.2) is 0 Å². The van der Waals surface area contributed by atoms with E-state index in [4.69, 9.17) is 4.74 Å². The molecule has 1 atom stereocenters. The lowest BCUT2D eigenvalue weighted by molar-refractivity contribution is -0.139. The summed E-state index contributed by atoms with van der Waals surface area (Å²) in [7, 11) is 1.71. The molecule has 1 aromatic heterocycles. The first-order chi connectivity index (χ1) is 13.8. The van der Waals surface area contributed by atoms with Gasteiger partial charge in [0, 0.05) is 37.1 Å². The van der Waals surface area contributed by atoms with E-state index in [1.54, 1.807) is 19.5 Å². The first kappa shape index (κ1) is 18.9. The molecule has 1 unspecified atom stereocenters. The van der Waals surface area contributed by atoms with Crippen LogP contribution in [0.4, 0.5) is 0 Å². The number of rotatable bonds is 7. The van der Waals surface area contributed by atoms with Gasteiger partial charge in [0.15, 0.2) is 0 Å². The van der Waals surface area contributed by atoms with E-state index in [1.807, 2.05) is 30.3 Å². The molecule has 0 N–H and O–H groups in total. The van der Waals surface area contributed by atoms with Crippen LogP contribution in [0.2, 0.25) is 0 Å². The number of hydrogen-bond donors (Lipinski definition) is 0. The number of hydrogen-bond acceptors (Lipinski definition) is 4.